The van der Waals surface area contributed by atoms with Crippen LogP contribution >= 0.6 is 0 Å². The molecule has 0 aromatic rings. The first-order valence-corrected chi connectivity index (χ1v) is 4.33. The number of rotatable bonds is 6. The summed E-state index contributed by atoms with van der Waals surface area (Å²) in [5, 5.41) is 23.9. The lowest BCUT2D eigenvalue weighted by Gasteiger charge is -2.05. The van der Waals surface area contributed by atoms with Crippen LogP contribution < -0.4 is 5.73 Å². The van der Waals surface area contributed by atoms with Gasteiger partial charge in [0.1, 0.15) is 11.8 Å². The average Bonchev–Trinajstić information content (AvgIpc) is 2.10. The first-order valence-electron chi connectivity index (χ1n) is 4.33. The Bertz CT molecular complexity index is 233. The highest BCUT2D eigenvalue weighted by molar-refractivity contribution is 5.81. The van der Waals surface area contributed by atoms with Crippen LogP contribution in [0.25, 0.3) is 0 Å². The van der Waals surface area contributed by atoms with Gasteiger partial charge in [0, 0.05) is 6.42 Å². The molecule has 0 radical (unpaired) electrons. The van der Waals surface area contributed by atoms with Crippen molar-refractivity contribution in [1.82, 2.24) is 0 Å². The zero-order valence-electron chi connectivity index (χ0n) is 7.58. The first kappa shape index (κ1) is 11.4. The Labute approximate surface area is 78.5 Å². The van der Waals surface area contributed by atoms with Crippen molar-refractivity contribution in [3.05, 3.63) is 0 Å². The Morgan fingerprint density at radius 2 is 2.00 bits per heavy atom. The van der Waals surface area contributed by atoms with Gasteiger partial charge in [-0.3, -0.25) is 5.41 Å². The molecule has 1 atom stereocenters. The van der Waals surface area contributed by atoms with Crippen LogP contribution in [-0.4, -0.2) is 5.84 Å². The van der Waals surface area contributed by atoms with Crippen molar-refractivity contribution in [2.24, 2.45) is 11.7 Å². The van der Waals surface area contributed by atoms with Crippen molar-refractivity contribution >= 4 is 5.84 Å². The highest BCUT2D eigenvalue weighted by atomic mass is 14.7. The summed E-state index contributed by atoms with van der Waals surface area (Å²) in [6.07, 6.45) is 3.86. The lowest BCUT2D eigenvalue weighted by molar-refractivity contribution is 0.617. The van der Waals surface area contributed by atoms with Gasteiger partial charge in [-0.05, 0) is 12.8 Å². The predicted octanol–water partition coefficient (Wildman–Crippen LogP) is 1.54. The quantitative estimate of drug-likeness (QED) is 0.366. The van der Waals surface area contributed by atoms with Crippen molar-refractivity contribution in [1.29, 1.82) is 15.9 Å². The standard InChI is InChI=1S/C9H14N4/c10-6-4-2-1-3-5-8(7-11)9(12)13/h8H,1-5H2,(H3,12,13). The third kappa shape index (κ3) is 5.69. The third-order valence-electron chi connectivity index (χ3n) is 1.81. The van der Waals surface area contributed by atoms with Gasteiger partial charge in [-0.1, -0.05) is 12.8 Å². The van der Waals surface area contributed by atoms with Crippen LogP contribution in [0.1, 0.15) is 32.1 Å². The van der Waals surface area contributed by atoms with Crippen molar-refractivity contribution in [3.63, 3.8) is 0 Å². The van der Waals surface area contributed by atoms with Crippen LogP contribution in [0.5, 0.6) is 0 Å². The number of nitrogens with one attached hydrogen (secondary N) is 1. The summed E-state index contributed by atoms with van der Waals surface area (Å²) in [6, 6.07) is 4.04. The highest BCUT2D eigenvalue weighted by Gasteiger charge is 2.09. The van der Waals surface area contributed by atoms with Crippen LogP contribution in [0.3, 0.4) is 0 Å². The zero-order chi connectivity index (χ0) is 10.1. The normalized spacial score (nSPS) is 11.2. The van der Waals surface area contributed by atoms with E-state index in [0.29, 0.717) is 12.8 Å². The summed E-state index contributed by atoms with van der Waals surface area (Å²) in [5.41, 5.74) is 5.20. The molecule has 0 bridgehead atoms. The van der Waals surface area contributed by atoms with Crippen LogP contribution in [0.15, 0.2) is 0 Å². The van der Waals surface area contributed by atoms with Crippen molar-refractivity contribution in [2.45, 2.75) is 32.1 Å². The number of unbranched alkanes of at least 4 members (excludes halogenated alkanes) is 3. The van der Waals surface area contributed by atoms with Gasteiger partial charge in [-0.2, -0.15) is 10.5 Å². The lowest BCUT2D eigenvalue weighted by Crippen LogP contribution is -2.20. The molecule has 0 aliphatic heterocycles. The van der Waals surface area contributed by atoms with Gasteiger partial charge in [0.05, 0.1) is 12.1 Å². The number of amidine groups is 1. The summed E-state index contributed by atoms with van der Waals surface area (Å²) >= 11 is 0. The number of nitrogens with two attached hydrogens (primary N) is 1. The summed E-state index contributed by atoms with van der Waals surface area (Å²) in [7, 11) is 0. The van der Waals surface area contributed by atoms with Gasteiger partial charge in [0.2, 0.25) is 0 Å². The van der Waals surface area contributed by atoms with E-state index < -0.39 is 5.92 Å². The molecule has 0 aliphatic carbocycles. The number of hydrogen-bond acceptors (Lipinski definition) is 3. The zero-order valence-corrected chi connectivity index (χ0v) is 7.58. The highest BCUT2D eigenvalue weighted by Crippen LogP contribution is 2.09. The second kappa shape index (κ2) is 7.12. The van der Waals surface area contributed by atoms with E-state index in [1.54, 1.807) is 0 Å². The summed E-state index contributed by atoms with van der Waals surface area (Å²) in [6.45, 7) is 0. The van der Waals surface area contributed by atoms with E-state index in [9.17, 15) is 0 Å². The SMILES string of the molecule is N#CCCCCCC(C#N)C(=N)N. The predicted molar refractivity (Wildman–Crippen MR) is 49.7 cm³/mol. The van der Waals surface area contributed by atoms with Gasteiger partial charge < -0.3 is 5.73 Å². The molecule has 0 fully saturated rings. The Morgan fingerprint density at radius 1 is 1.31 bits per heavy atom. The number of nitriles is 2. The third-order valence-corrected chi connectivity index (χ3v) is 1.81. The van der Waals surface area contributed by atoms with E-state index in [-0.39, 0.29) is 5.84 Å². The van der Waals surface area contributed by atoms with Crippen molar-refractivity contribution in [3.8, 4) is 12.1 Å². The summed E-state index contributed by atoms with van der Waals surface area (Å²) < 4.78 is 0. The molecule has 0 saturated carbocycles. The molecule has 3 N–H and O–H groups in total. The van der Waals surface area contributed by atoms with Crippen molar-refractivity contribution in [2.75, 3.05) is 0 Å². The fourth-order valence-electron chi connectivity index (χ4n) is 1.02. The second-order valence-corrected chi connectivity index (χ2v) is 2.89. The Morgan fingerprint density at radius 3 is 2.46 bits per heavy atom. The smallest absolute Gasteiger partial charge is 0.108 e. The minimum Gasteiger partial charge on any atom is -0.387 e. The molecule has 0 heterocycles. The lowest BCUT2D eigenvalue weighted by atomic mass is 10.0. The fourth-order valence-corrected chi connectivity index (χ4v) is 1.02. The molecule has 0 rings (SSSR count). The Hall–Kier alpha value is -1.55. The van der Waals surface area contributed by atoms with Gasteiger partial charge in [0.15, 0.2) is 0 Å². The molecule has 4 heteroatoms. The first-order chi connectivity index (χ1) is 6.22. The number of nitrogens with zero attached hydrogens (tertiary/aromatic N) is 2. The van der Waals surface area contributed by atoms with Crippen LogP contribution in [0, 0.1) is 34.0 Å². The topological polar surface area (TPSA) is 97.5 Å². The van der Waals surface area contributed by atoms with Crippen LogP contribution in [0.4, 0.5) is 0 Å². The average molecular weight is 178 g/mol. The van der Waals surface area contributed by atoms with Crippen LogP contribution in [0.2, 0.25) is 0 Å². The van der Waals surface area contributed by atoms with E-state index in [1.807, 2.05) is 6.07 Å². The molecular formula is C9H14N4. The second-order valence-electron chi connectivity index (χ2n) is 2.89. The minimum absolute atomic E-state index is 0.0530. The molecule has 0 aliphatic rings. The van der Waals surface area contributed by atoms with E-state index >= 15 is 0 Å². The Kier molecular flexibility index (Phi) is 6.27. The minimum atomic E-state index is -0.443. The Balaban J connectivity index is 3.47. The molecule has 70 valence electrons. The largest absolute Gasteiger partial charge is 0.387 e. The molecule has 0 spiro atoms. The molecule has 4 nitrogen and oxygen atoms in total. The number of hydrogen-bond donors (Lipinski definition) is 2. The van der Waals surface area contributed by atoms with Gasteiger partial charge in [-0.15, -0.1) is 0 Å². The van der Waals surface area contributed by atoms with Crippen molar-refractivity contribution < 1.29 is 0 Å². The van der Waals surface area contributed by atoms with Gasteiger partial charge in [0.25, 0.3) is 0 Å². The van der Waals surface area contributed by atoms with E-state index in [0.717, 1.165) is 19.3 Å². The van der Waals surface area contributed by atoms with E-state index in [1.165, 1.54) is 0 Å². The maximum absolute atomic E-state index is 8.58. The molecule has 13 heavy (non-hydrogen) atoms. The molecule has 0 amide bonds. The molecule has 1 unspecified atom stereocenters. The molecule has 0 aromatic carbocycles. The van der Waals surface area contributed by atoms with Gasteiger partial charge in [-0.25, -0.2) is 0 Å². The molecule has 0 saturated heterocycles. The maximum atomic E-state index is 8.58. The fraction of sp³-hybridized carbons (Fsp3) is 0.667. The van der Waals surface area contributed by atoms with Gasteiger partial charge >= 0.3 is 0 Å². The summed E-state index contributed by atoms with van der Waals surface area (Å²) in [4.78, 5) is 0. The van der Waals surface area contributed by atoms with E-state index in [4.69, 9.17) is 21.7 Å². The summed E-state index contributed by atoms with van der Waals surface area (Å²) in [5.74, 6) is -0.495. The molecular weight excluding hydrogens is 164 g/mol. The van der Waals surface area contributed by atoms with E-state index in [2.05, 4.69) is 6.07 Å². The van der Waals surface area contributed by atoms with Crippen LogP contribution in [-0.2, 0) is 0 Å². The molecule has 0 aromatic heterocycles. The maximum Gasteiger partial charge on any atom is 0.108 e. The monoisotopic (exact) mass is 178 g/mol.